The molecule has 0 aliphatic carbocycles. The highest BCUT2D eigenvalue weighted by atomic mass is 15.3. The van der Waals surface area contributed by atoms with E-state index in [0.29, 0.717) is 4.48 Å². The topological polar surface area (TPSA) is 0 Å². The third-order valence-electron chi connectivity index (χ3n) is 0.335. The van der Waals surface area contributed by atoms with Crippen LogP contribution in [0.4, 0.5) is 0 Å². The van der Waals surface area contributed by atoms with Crippen LogP contribution in [-0.4, -0.2) is 25.6 Å². The molecule has 0 bridgehead atoms. The lowest BCUT2D eigenvalue weighted by atomic mass is 10.7. The van der Waals surface area contributed by atoms with Crippen LogP contribution in [0, 0.1) is 12.5 Å². The molecule has 0 amide bonds. The predicted octanol–water partition coefficient (Wildman–Crippen LogP) is 0.240. The molecule has 0 rings (SSSR count). The maximum Gasteiger partial charge on any atom is 0.0773 e. The molecule has 0 radical (unpaired) electrons. The van der Waals surface area contributed by atoms with Crippen molar-refractivity contribution in [2.24, 2.45) is 0 Å². The maximum absolute atomic E-state index is 6.58. The Hall–Kier alpha value is -0.480. The van der Waals surface area contributed by atoms with Gasteiger partial charge in [-0.15, -0.1) is 6.04 Å². The van der Waals surface area contributed by atoms with Crippen molar-refractivity contribution >= 4 is 0 Å². The second kappa shape index (κ2) is 1.32. The summed E-state index contributed by atoms with van der Waals surface area (Å²) in [5, 5.41) is 0. The summed E-state index contributed by atoms with van der Waals surface area (Å²) in [5.74, 6) is 0. The van der Waals surface area contributed by atoms with Gasteiger partial charge in [-0.3, -0.25) is 4.48 Å². The van der Waals surface area contributed by atoms with Crippen molar-refractivity contribution in [2.45, 2.75) is 0 Å². The van der Waals surface area contributed by atoms with Crippen molar-refractivity contribution in [2.75, 3.05) is 21.1 Å². The van der Waals surface area contributed by atoms with Crippen molar-refractivity contribution in [3.8, 4) is 6.04 Å². The van der Waals surface area contributed by atoms with E-state index in [9.17, 15) is 0 Å². The minimum atomic E-state index is 0.486. The minimum Gasteiger partial charge on any atom is -0.626 e. The average molecular weight is 83.1 g/mol. The lowest BCUT2D eigenvalue weighted by molar-refractivity contribution is -0.800. The summed E-state index contributed by atoms with van der Waals surface area (Å²) in [6, 6.07) is 2.29. The van der Waals surface area contributed by atoms with E-state index < -0.39 is 0 Å². The van der Waals surface area contributed by atoms with Crippen molar-refractivity contribution in [3.63, 3.8) is 0 Å². The predicted molar refractivity (Wildman–Crippen MR) is 25.2 cm³/mol. The number of hydrogen-bond acceptors (Lipinski definition) is 0. The van der Waals surface area contributed by atoms with Crippen LogP contribution >= 0.6 is 0 Å². The molecule has 0 heterocycles. The van der Waals surface area contributed by atoms with Crippen molar-refractivity contribution in [1.29, 1.82) is 0 Å². The molecule has 0 saturated heterocycles. The first-order chi connectivity index (χ1) is 2.56. The number of nitrogens with zero attached hydrogens (tertiary/aromatic N) is 1. The summed E-state index contributed by atoms with van der Waals surface area (Å²) in [6.07, 6.45) is 6.58. The van der Waals surface area contributed by atoms with Crippen LogP contribution in [0.15, 0.2) is 0 Å². The van der Waals surface area contributed by atoms with E-state index in [1.165, 1.54) is 0 Å². The van der Waals surface area contributed by atoms with Crippen LogP contribution in [0.5, 0.6) is 0 Å². The molecular formula is C5H9N. The summed E-state index contributed by atoms with van der Waals surface area (Å²) in [5.41, 5.74) is 0. The lowest BCUT2D eigenvalue weighted by Crippen LogP contribution is -2.26. The van der Waals surface area contributed by atoms with E-state index in [-0.39, 0.29) is 0 Å². The second-order valence-electron chi connectivity index (χ2n) is 2.12. The van der Waals surface area contributed by atoms with Crippen LogP contribution in [0.2, 0.25) is 0 Å². The number of rotatable bonds is 0. The molecule has 0 aromatic rings. The lowest BCUT2D eigenvalue weighted by Gasteiger charge is -2.17. The summed E-state index contributed by atoms with van der Waals surface area (Å²) < 4.78 is 0.486. The highest BCUT2D eigenvalue weighted by Gasteiger charge is 1.90. The highest BCUT2D eigenvalue weighted by molar-refractivity contribution is 4.53. The van der Waals surface area contributed by atoms with E-state index in [1.807, 2.05) is 21.1 Å². The molecule has 0 aliphatic heterocycles. The molecule has 0 aromatic carbocycles. The third-order valence-corrected chi connectivity index (χ3v) is 0.335. The zero-order valence-corrected chi connectivity index (χ0v) is 4.45. The Morgan fingerprint density at radius 1 is 1.33 bits per heavy atom. The summed E-state index contributed by atoms with van der Waals surface area (Å²) in [7, 11) is 5.65. The molecule has 0 aromatic heterocycles. The second-order valence-corrected chi connectivity index (χ2v) is 2.12. The zero-order chi connectivity index (χ0) is 5.21. The minimum absolute atomic E-state index is 0.486. The Balaban J connectivity index is 3.55. The van der Waals surface area contributed by atoms with Gasteiger partial charge in [0.2, 0.25) is 0 Å². The largest absolute Gasteiger partial charge is 0.626 e. The van der Waals surface area contributed by atoms with Gasteiger partial charge in [0.1, 0.15) is 0 Å². The van der Waals surface area contributed by atoms with Gasteiger partial charge in [-0.05, 0) is 0 Å². The average Bonchev–Trinajstić information content (AvgIpc) is 1.35. The number of hydrogen-bond donors (Lipinski definition) is 0. The highest BCUT2D eigenvalue weighted by Crippen LogP contribution is 1.79. The molecule has 0 saturated carbocycles. The zero-order valence-electron chi connectivity index (χ0n) is 4.45. The summed E-state index contributed by atoms with van der Waals surface area (Å²) in [6.45, 7) is 0. The van der Waals surface area contributed by atoms with E-state index in [2.05, 4.69) is 6.04 Å². The molecule has 0 unspecified atom stereocenters. The third kappa shape index (κ3) is 3.52. The molecule has 0 N–H and O–H groups in total. The van der Waals surface area contributed by atoms with Gasteiger partial charge in [0.15, 0.2) is 0 Å². The normalized spacial score (nSPS) is 10.3. The van der Waals surface area contributed by atoms with Crippen LogP contribution in [0.25, 0.3) is 0 Å². The van der Waals surface area contributed by atoms with Gasteiger partial charge < -0.3 is 6.42 Å². The van der Waals surface area contributed by atoms with Gasteiger partial charge in [0.05, 0.1) is 21.1 Å². The first kappa shape index (κ1) is 5.52. The fourth-order valence-electron chi connectivity index (χ4n) is 0. The van der Waals surface area contributed by atoms with Crippen molar-refractivity contribution < 1.29 is 4.48 Å². The molecule has 0 fully saturated rings. The van der Waals surface area contributed by atoms with Gasteiger partial charge >= 0.3 is 0 Å². The van der Waals surface area contributed by atoms with Gasteiger partial charge in [-0.1, -0.05) is 0 Å². The maximum atomic E-state index is 6.58. The molecule has 1 nitrogen and oxygen atoms in total. The smallest absolute Gasteiger partial charge is 0.0773 e. The number of quaternary nitrogens is 1. The molecule has 34 valence electrons. The Bertz CT molecular complexity index is 70.9. The van der Waals surface area contributed by atoms with Crippen LogP contribution in [-0.2, 0) is 0 Å². The monoisotopic (exact) mass is 83.1 g/mol. The first-order valence-corrected chi connectivity index (χ1v) is 1.82. The Kier molecular flexibility index (Phi) is 1.21. The first-order valence-electron chi connectivity index (χ1n) is 1.82. The van der Waals surface area contributed by atoms with Gasteiger partial charge in [-0.25, -0.2) is 0 Å². The standard InChI is InChI=1S/C5H9N/c1-5-6(2,3)4/h2-4H3. The fourth-order valence-corrected chi connectivity index (χ4v) is 0. The molecular weight excluding hydrogens is 74.1 g/mol. The van der Waals surface area contributed by atoms with Crippen LogP contribution in [0.1, 0.15) is 0 Å². The SMILES string of the molecule is [C-]#C[N+](C)(C)C. The Labute approximate surface area is 39.2 Å². The summed E-state index contributed by atoms with van der Waals surface area (Å²) in [4.78, 5) is 0. The van der Waals surface area contributed by atoms with E-state index in [4.69, 9.17) is 6.42 Å². The van der Waals surface area contributed by atoms with E-state index in [1.54, 1.807) is 0 Å². The summed E-state index contributed by atoms with van der Waals surface area (Å²) >= 11 is 0. The van der Waals surface area contributed by atoms with Gasteiger partial charge in [0, 0.05) is 0 Å². The quantitative estimate of drug-likeness (QED) is 0.223. The van der Waals surface area contributed by atoms with Gasteiger partial charge in [0.25, 0.3) is 0 Å². The molecule has 1 heteroatoms. The molecule has 0 atom stereocenters. The van der Waals surface area contributed by atoms with Crippen LogP contribution < -0.4 is 0 Å². The van der Waals surface area contributed by atoms with Crippen molar-refractivity contribution in [3.05, 3.63) is 6.42 Å². The van der Waals surface area contributed by atoms with Crippen LogP contribution in [0.3, 0.4) is 0 Å². The molecule has 6 heavy (non-hydrogen) atoms. The fraction of sp³-hybridized carbons (Fsp3) is 0.600. The van der Waals surface area contributed by atoms with Crippen molar-refractivity contribution in [1.82, 2.24) is 0 Å². The molecule has 0 spiro atoms. The Morgan fingerprint density at radius 3 is 1.50 bits per heavy atom. The Morgan fingerprint density at radius 2 is 1.50 bits per heavy atom. The van der Waals surface area contributed by atoms with E-state index >= 15 is 0 Å². The van der Waals surface area contributed by atoms with Gasteiger partial charge in [-0.2, -0.15) is 0 Å². The van der Waals surface area contributed by atoms with E-state index in [0.717, 1.165) is 0 Å². The molecule has 0 aliphatic rings.